The minimum Gasteiger partial charge on any atom is -0.396 e. The first-order valence-corrected chi connectivity index (χ1v) is 7.17. The molecular formula is C16H15N7O. The second-order valence-corrected chi connectivity index (χ2v) is 5.31. The summed E-state index contributed by atoms with van der Waals surface area (Å²) in [5, 5.41) is 19.3. The van der Waals surface area contributed by atoms with Gasteiger partial charge in [0, 0.05) is 24.4 Å². The molecule has 0 atom stereocenters. The smallest absolute Gasteiger partial charge is 0.221 e. The number of carbonyl (C=O) groups is 1. The number of nitriles is 1. The molecule has 0 spiro atoms. The molecule has 3 rings (SSSR count). The highest BCUT2D eigenvalue weighted by molar-refractivity contribution is 5.90. The molecule has 0 fully saturated rings. The highest BCUT2D eigenvalue weighted by atomic mass is 16.1. The molecule has 8 heteroatoms. The molecule has 2 heterocycles. The zero-order chi connectivity index (χ0) is 17.3. The summed E-state index contributed by atoms with van der Waals surface area (Å²) in [6.07, 6.45) is 1.42. The molecule has 0 aliphatic heterocycles. The lowest BCUT2D eigenvalue weighted by Crippen LogP contribution is -2.08. The predicted octanol–water partition coefficient (Wildman–Crippen LogP) is 2.19. The Morgan fingerprint density at radius 2 is 2.17 bits per heavy atom. The summed E-state index contributed by atoms with van der Waals surface area (Å²) in [6, 6.07) is 9.20. The Kier molecular flexibility index (Phi) is 3.75. The summed E-state index contributed by atoms with van der Waals surface area (Å²) in [5.41, 5.74) is 9.49. The number of nitrogen functional groups attached to an aromatic ring is 1. The predicted molar refractivity (Wildman–Crippen MR) is 90.9 cm³/mol. The van der Waals surface area contributed by atoms with E-state index in [-0.39, 0.29) is 5.91 Å². The Morgan fingerprint density at radius 1 is 1.38 bits per heavy atom. The fourth-order valence-electron chi connectivity index (χ4n) is 2.30. The van der Waals surface area contributed by atoms with E-state index in [0.29, 0.717) is 28.5 Å². The average Bonchev–Trinajstić information content (AvgIpc) is 2.93. The first kappa shape index (κ1) is 15.3. The van der Waals surface area contributed by atoms with Gasteiger partial charge in [-0.1, -0.05) is 6.07 Å². The van der Waals surface area contributed by atoms with Crippen LogP contribution in [0.25, 0.3) is 5.65 Å². The number of imidazole rings is 1. The molecule has 0 aliphatic carbocycles. The third-order valence-electron chi connectivity index (χ3n) is 3.43. The maximum Gasteiger partial charge on any atom is 0.221 e. The number of aromatic nitrogens is 3. The number of rotatable bonds is 3. The Labute approximate surface area is 137 Å². The van der Waals surface area contributed by atoms with Gasteiger partial charge in [0.05, 0.1) is 11.9 Å². The quantitative estimate of drug-likeness (QED) is 0.680. The summed E-state index contributed by atoms with van der Waals surface area (Å²) in [6.45, 7) is 3.36. The Hall–Kier alpha value is -3.60. The van der Waals surface area contributed by atoms with Gasteiger partial charge in [-0.2, -0.15) is 9.78 Å². The lowest BCUT2D eigenvalue weighted by atomic mass is 10.1. The van der Waals surface area contributed by atoms with Crippen molar-refractivity contribution in [3.8, 4) is 6.07 Å². The van der Waals surface area contributed by atoms with E-state index in [1.54, 1.807) is 12.1 Å². The molecule has 0 radical (unpaired) electrons. The molecule has 24 heavy (non-hydrogen) atoms. The number of nitrogens with one attached hydrogen (secondary N) is 2. The monoisotopic (exact) mass is 321 g/mol. The molecule has 3 aromatic rings. The molecule has 0 unspecified atom stereocenters. The summed E-state index contributed by atoms with van der Waals surface area (Å²) < 4.78 is 1.39. The number of aryl methyl sites for hydroxylation is 1. The van der Waals surface area contributed by atoms with Crippen LogP contribution in [0.3, 0.4) is 0 Å². The molecule has 0 aliphatic rings. The fraction of sp³-hybridized carbons (Fsp3) is 0.125. The summed E-state index contributed by atoms with van der Waals surface area (Å²) in [7, 11) is 0. The SMILES string of the molecule is CC(=O)Nc1cc(Nc2cc(N)c3ncc(C#N)n3n2)ccc1C. The zero-order valence-electron chi connectivity index (χ0n) is 13.2. The minimum atomic E-state index is -0.142. The van der Waals surface area contributed by atoms with E-state index in [0.717, 1.165) is 11.3 Å². The van der Waals surface area contributed by atoms with Gasteiger partial charge < -0.3 is 16.4 Å². The van der Waals surface area contributed by atoms with Crippen molar-refractivity contribution in [1.29, 1.82) is 5.26 Å². The van der Waals surface area contributed by atoms with Crippen LogP contribution in [0, 0.1) is 18.3 Å². The molecule has 4 N–H and O–H groups in total. The number of carbonyl (C=O) groups excluding carboxylic acids is 1. The van der Waals surface area contributed by atoms with Crippen LogP contribution >= 0.6 is 0 Å². The number of hydrogen-bond acceptors (Lipinski definition) is 6. The van der Waals surface area contributed by atoms with Crippen LogP contribution in [-0.4, -0.2) is 20.5 Å². The van der Waals surface area contributed by atoms with Crippen LogP contribution in [0.2, 0.25) is 0 Å². The Morgan fingerprint density at radius 3 is 2.88 bits per heavy atom. The number of fused-ring (bicyclic) bond motifs is 1. The second kappa shape index (κ2) is 5.89. The van der Waals surface area contributed by atoms with Gasteiger partial charge in [0.2, 0.25) is 5.91 Å². The molecule has 1 amide bonds. The standard InChI is InChI=1S/C16H15N7O/c1-9-3-4-11(5-14(9)20-10(2)24)21-15-6-13(18)16-19-8-12(7-17)23(16)22-15/h3-6,8H,18H2,1-2H3,(H,20,24)(H,21,22). The summed E-state index contributed by atoms with van der Waals surface area (Å²) >= 11 is 0. The van der Waals surface area contributed by atoms with Crippen LogP contribution in [-0.2, 0) is 4.79 Å². The van der Waals surface area contributed by atoms with E-state index < -0.39 is 0 Å². The van der Waals surface area contributed by atoms with Crippen LogP contribution in [0.15, 0.2) is 30.5 Å². The van der Waals surface area contributed by atoms with E-state index in [1.807, 2.05) is 25.1 Å². The van der Waals surface area contributed by atoms with E-state index in [4.69, 9.17) is 11.0 Å². The van der Waals surface area contributed by atoms with Crippen LogP contribution in [0.5, 0.6) is 0 Å². The lowest BCUT2D eigenvalue weighted by Gasteiger charge is -2.11. The number of hydrogen-bond donors (Lipinski definition) is 3. The number of amides is 1. The average molecular weight is 321 g/mol. The van der Waals surface area contributed by atoms with Crippen molar-refractivity contribution < 1.29 is 4.79 Å². The van der Waals surface area contributed by atoms with Crippen LogP contribution in [0.4, 0.5) is 22.9 Å². The van der Waals surface area contributed by atoms with Crippen molar-refractivity contribution >= 4 is 34.4 Å². The maximum atomic E-state index is 11.3. The van der Waals surface area contributed by atoms with Crippen molar-refractivity contribution in [1.82, 2.24) is 14.6 Å². The van der Waals surface area contributed by atoms with Gasteiger partial charge >= 0.3 is 0 Å². The van der Waals surface area contributed by atoms with Gasteiger partial charge in [0.1, 0.15) is 6.07 Å². The highest BCUT2D eigenvalue weighted by Crippen LogP contribution is 2.24. The molecule has 0 saturated carbocycles. The molecule has 8 nitrogen and oxygen atoms in total. The van der Waals surface area contributed by atoms with Gasteiger partial charge in [-0.25, -0.2) is 4.98 Å². The Bertz CT molecular complexity index is 984. The van der Waals surface area contributed by atoms with Gasteiger partial charge in [-0.05, 0) is 24.6 Å². The highest BCUT2D eigenvalue weighted by Gasteiger charge is 2.10. The van der Waals surface area contributed by atoms with Crippen molar-refractivity contribution in [2.24, 2.45) is 0 Å². The maximum absolute atomic E-state index is 11.3. The number of nitrogens with zero attached hydrogens (tertiary/aromatic N) is 4. The molecule has 1 aromatic carbocycles. The molecule has 0 bridgehead atoms. The second-order valence-electron chi connectivity index (χ2n) is 5.31. The first-order chi connectivity index (χ1) is 11.5. The number of benzene rings is 1. The Balaban J connectivity index is 1.98. The topological polar surface area (TPSA) is 121 Å². The van der Waals surface area contributed by atoms with Gasteiger partial charge in [0.15, 0.2) is 17.2 Å². The van der Waals surface area contributed by atoms with Gasteiger partial charge in [0.25, 0.3) is 0 Å². The number of nitrogens with two attached hydrogens (primary N) is 1. The van der Waals surface area contributed by atoms with Gasteiger partial charge in [-0.15, -0.1) is 5.10 Å². The van der Waals surface area contributed by atoms with Gasteiger partial charge in [-0.3, -0.25) is 4.79 Å². The molecule has 120 valence electrons. The van der Waals surface area contributed by atoms with Crippen LogP contribution < -0.4 is 16.4 Å². The first-order valence-electron chi connectivity index (χ1n) is 7.17. The van der Waals surface area contributed by atoms with E-state index in [9.17, 15) is 4.79 Å². The molecule has 2 aromatic heterocycles. The van der Waals surface area contributed by atoms with E-state index in [2.05, 4.69) is 20.7 Å². The summed E-state index contributed by atoms with van der Waals surface area (Å²) in [4.78, 5) is 15.3. The number of anilines is 4. The molecule has 0 saturated heterocycles. The zero-order valence-corrected chi connectivity index (χ0v) is 13.2. The normalized spacial score (nSPS) is 10.4. The van der Waals surface area contributed by atoms with Crippen molar-refractivity contribution in [2.45, 2.75) is 13.8 Å². The van der Waals surface area contributed by atoms with E-state index in [1.165, 1.54) is 17.6 Å². The fourth-order valence-corrected chi connectivity index (χ4v) is 2.30. The van der Waals surface area contributed by atoms with Crippen molar-refractivity contribution in [2.75, 3.05) is 16.4 Å². The third-order valence-corrected chi connectivity index (χ3v) is 3.43. The van der Waals surface area contributed by atoms with Crippen molar-refractivity contribution in [3.05, 3.63) is 41.7 Å². The van der Waals surface area contributed by atoms with E-state index >= 15 is 0 Å². The van der Waals surface area contributed by atoms with Crippen molar-refractivity contribution in [3.63, 3.8) is 0 Å². The summed E-state index contributed by atoms with van der Waals surface area (Å²) in [5.74, 6) is 0.322. The molecular weight excluding hydrogens is 306 g/mol. The lowest BCUT2D eigenvalue weighted by molar-refractivity contribution is -0.114. The van der Waals surface area contributed by atoms with Crippen LogP contribution in [0.1, 0.15) is 18.2 Å². The minimum absolute atomic E-state index is 0.142. The third kappa shape index (κ3) is 2.83. The largest absolute Gasteiger partial charge is 0.396 e.